The Balaban J connectivity index is 2.48. The first-order valence-electron chi connectivity index (χ1n) is 4.97. The molecule has 88 valence electrons. The van der Waals surface area contributed by atoms with Gasteiger partial charge in [0.25, 0.3) is 0 Å². The molecule has 0 radical (unpaired) electrons. The lowest BCUT2D eigenvalue weighted by Crippen LogP contribution is -1.98. The molecule has 0 aliphatic heterocycles. The first-order chi connectivity index (χ1) is 8.11. The van der Waals surface area contributed by atoms with Crippen molar-refractivity contribution in [2.45, 2.75) is 6.92 Å². The van der Waals surface area contributed by atoms with E-state index in [9.17, 15) is 10.1 Å². The number of hydrogen-bond donors (Lipinski definition) is 0. The van der Waals surface area contributed by atoms with E-state index in [-0.39, 0.29) is 11.4 Å². The van der Waals surface area contributed by atoms with Gasteiger partial charge in [0.2, 0.25) is 0 Å². The van der Waals surface area contributed by atoms with Crippen LogP contribution in [0.3, 0.4) is 0 Å². The Morgan fingerprint density at radius 1 is 1.41 bits per heavy atom. The molecular formula is C11H11N3O3. The SMILES string of the molecule is COc1cc(-n2ccc(C)n2)ccc1[N+](=O)[O-]. The maximum absolute atomic E-state index is 10.7. The Morgan fingerprint density at radius 2 is 2.18 bits per heavy atom. The van der Waals surface area contributed by atoms with E-state index in [0.29, 0.717) is 0 Å². The molecule has 0 unspecified atom stereocenters. The number of aryl methyl sites for hydroxylation is 1. The lowest BCUT2D eigenvalue weighted by Gasteiger charge is -2.05. The Labute approximate surface area is 97.6 Å². The molecule has 2 rings (SSSR count). The van der Waals surface area contributed by atoms with Crippen LogP contribution in [-0.2, 0) is 0 Å². The molecule has 1 aromatic carbocycles. The first-order valence-corrected chi connectivity index (χ1v) is 4.97. The Morgan fingerprint density at radius 3 is 2.71 bits per heavy atom. The minimum Gasteiger partial charge on any atom is -0.490 e. The molecule has 6 nitrogen and oxygen atoms in total. The van der Waals surface area contributed by atoms with Gasteiger partial charge in [0.05, 0.1) is 23.4 Å². The lowest BCUT2D eigenvalue weighted by atomic mass is 10.2. The van der Waals surface area contributed by atoms with Crippen LogP contribution in [0.15, 0.2) is 30.5 Å². The Kier molecular flexibility index (Phi) is 2.78. The fraction of sp³-hybridized carbons (Fsp3) is 0.182. The highest BCUT2D eigenvalue weighted by molar-refractivity contribution is 5.52. The number of rotatable bonds is 3. The quantitative estimate of drug-likeness (QED) is 0.601. The van der Waals surface area contributed by atoms with Crippen molar-refractivity contribution in [3.05, 3.63) is 46.3 Å². The van der Waals surface area contributed by atoms with Crippen LogP contribution in [0.25, 0.3) is 5.69 Å². The second kappa shape index (κ2) is 4.25. The number of nitro groups is 1. The highest BCUT2D eigenvalue weighted by Gasteiger charge is 2.15. The van der Waals surface area contributed by atoms with Crippen LogP contribution in [0.4, 0.5) is 5.69 Å². The molecule has 0 amide bonds. The average molecular weight is 233 g/mol. The van der Waals surface area contributed by atoms with E-state index in [4.69, 9.17) is 4.74 Å². The predicted molar refractivity (Wildman–Crippen MR) is 61.5 cm³/mol. The molecule has 0 saturated carbocycles. The van der Waals surface area contributed by atoms with E-state index in [0.717, 1.165) is 11.4 Å². The van der Waals surface area contributed by atoms with E-state index >= 15 is 0 Å². The number of ether oxygens (including phenoxy) is 1. The van der Waals surface area contributed by atoms with Crippen LogP contribution in [0.5, 0.6) is 5.75 Å². The predicted octanol–water partition coefficient (Wildman–Crippen LogP) is 2.10. The van der Waals surface area contributed by atoms with Gasteiger partial charge in [-0.1, -0.05) is 0 Å². The molecule has 0 bridgehead atoms. The highest BCUT2D eigenvalue weighted by atomic mass is 16.6. The van der Waals surface area contributed by atoms with E-state index in [2.05, 4.69) is 5.10 Å². The van der Waals surface area contributed by atoms with Gasteiger partial charge < -0.3 is 4.74 Å². The zero-order valence-corrected chi connectivity index (χ0v) is 9.45. The number of nitrogens with zero attached hydrogens (tertiary/aromatic N) is 3. The molecule has 0 aliphatic carbocycles. The van der Waals surface area contributed by atoms with Gasteiger partial charge in [0.15, 0.2) is 5.75 Å². The van der Waals surface area contributed by atoms with Crippen molar-refractivity contribution in [2.75, 3.05) is 7.11 Å². The fourth-order valence-electron chi connectivity index (χ4n) is 1.52. The molecule has 6 heteroatoms. The van der Waals surface area contributed by atoms with E-state index in [1.54, 1.807) is 23.0 Å². The maximum atomic E-state index is 10.7. The summed E-state index contributed by atoms with van der Waals surface area (Å²) >= 11 is 0. The summed E-state index contributed by atoms with van der Waals surface area (Å²) in [6.45, 7) is 1.87. The number of aromatic nitrogens is 2. The molecule has 17 heavy (non-hydrogen) atoms. The molecule has 0 spiro atoms. The zero-order chi connectivity index (χ0) is 12.4. The minimum absolute atomic E-state index is 0.0554. The van der Waals surface area contributed by atoms with Gasteiger partial charge in [-0.15, -0.1) is 0 Å². The standard InChI is InChI=1S/C11H11N3O3/c1-8-5-6-13(12-8)9-3-4-10(14(15)16)11(7-9)17-2/h3-7H,1-2H3. The van der Waals surface area contributed by atoms with Crippen LogP contribution in [-0.4, -0.2) is 21.8 Å². The van der Waals surface area contributed by atoms with E-state index < -0.39 is 4.92 Å². The third-order valence-corrected chi connectivity index (χ3v) is 2.35. The van der Waals surface area contributed by atoms with Gasteiger partial charge >= 0.3 is 5.69 Å². The number of methoxy groups -OCH3 is 1. The highest BCUT2D eigenvalue weighted by Crippen LogP contribution is 2.28. The summed E-state index contributed by atoms with van der Waals surface area (Å²) in [5.74, 6) is 0.223. The molecule has 0 N–H and O–H groups in total. The minimum atomic E-state index is -0.475. The van der Waals surface area contributed by atoms with Crippen LogP contribution in [0, 0.1) is 17.0 Å². The second-order valence-corrected chi connectivity index (χ2v) is 3.51. The molecule has 0 aliphatic rings. The third-order valence-electron chi connectivity index (χ3n) is 2.35. The van der Waals surface area contributed by atoms with Crippen molar-refractivity contribution in [1.82, 2.24) is 9.78 Å². The largest absolute Gasteiger partial charge is 0.490 e. The summed E-state index contributed by atoms with van der Waals surface area (Å²) in [5.41, 5.74) is 1.54. The first kappa shape index (κ1) is 11.1. The summed E-state index contributed by atoms with van der Waals surface area (Å²) in [4.78, 5) is 10.3. The van der Waals surface area contributed by atoms with Crippen molar-refractivity contribution in [2.24, 2.45) is 0 Å². The van der Waals surface area contributed by atoms with Crippen molar-refractivity contribution in [3.8, 4) is 11.4 Å². The number of benzene rings is 1. The van der Waals surface area contributed by atoms with Gasteiger partial charge in [-0.05, 0) is 19.1 Å². The van der Waals surface area contributed by atoms with E-state index in [1.807, 2.05) is 13.0 Å². The Hall–Kier alpha value is -2.37. The van der Waals surface area contributed by atoms with Crippen molar-refractivity contribution in [1.29, 1.82) is 0 Å². The second-order valence-electron chi connectivity index (χ2n) is 3.51. The van der Waals surface area contributed by atoms with Crippen LogP contribution in [0.2, 0.25) is 0 Å². The van der Waals surface area contributed by atoms with Crippen LogP contribution < -0.4 is 4.74 Å². The summed E-state index contributed by atoms with van der Waals surface area (Å²) in [7, 11) is 1.40. The molecule has 1 heterocycles. The van der Waals surface area contributed by atoms with Crippen molar-refractivity contribution >= 4 is 5.69 Å². The molecule has 2 aromatic rings. The zero-order valence-electron chi connectivity index (χ0n) is 9.45. The number of hydrogen-bond acceptors (Lipinski definition) is 4. The normalized spacial score (nSPS) is 10.2. The topological polar surface area (TPSA) is 70.2 Å². The Bertz CT molecular complexity index is 563. The van der Waals surface area contributed by atoms with Crippen LogP contribution >= 0.6 is 0 Å². The van der Waals surface area contributed by atoms with Crippen molar-refractivity contribution < 1.29 is 9.66 Å². The molecule has 0 saturated heterocycles. The fourth-order valence-corrected chi connectivity index (χ4v) is 1.52. The lowest BCUT2D eigenvalue weighted by molar-refractivity contribution is -0.385. The maximum Gasteiger partial charge on any atom is 0.311 e. The molecular weight excluding hydrogens is 222 g/mol. The summed E-state index contributed by atoms with van der Waals surface area (Å²) in [6.07, 6.45) is 1.79. The average Bonchev–Trinajstić information content (AvgIpc) is 2.75. The summed E-state index contributed by atoms with van der Waals surface area (Å²) in [6, 6.07) is 6.48. The summed E-state index contributed by atoms with van der Waals surface area (Å²) < 4.78 is 6.63. The summed E-state index contributed by atoms with van der Waals surface area (Å²) in [5, 5.41) is 15.0. The van der Waals surface area contributed by atoms with Gasteiger partial charge in [0, 0.05) is 18.3 Å². The van der Waals surface area contributed by atoms with Gasteiger partial charge in [-0.25, -0.2) is 4.68 Å². The van der Waals surface area contributed by atoms with Crippen LogP contribution in [0.1, 0.15) is 5.69 Å². The molecule has 1 aromatic heterocycles. The monoisotopic (exact) mass is 233 g/mol. The smallest absolute Gasteiger partial charge is 0.311 e. The van der Waals surface area contributed by atoms with E-state index in [1.165, 1.54) is 13.2 Å². The van der Waals surface area contributed by atoms with Gasteiger partial charge in [-0.3, -0.25) is 10.1 Å². The van der Waals surface area contributed by atoms with Gasteiger partial charge in [0.1, 0.15) is 0 Å². The van der Waals surface area contributed by atoms with Gasteiger partial charge in [-0.2, -0.15) is 5.10 Å². The third kappa shape index (κ3) is 2.10. The van der Waals surface area contributed by atoms with Crippen molar-refractivity contribution in [3.63, 3.8) is 0 Å². The molecule has 0 atom stereocenters. The number of nitro benzene ring substituents is 1. The molecule has 0 fully saturated rings.